The van der Waals surface area contributed by atoms with E-state index in [1.807, 2.05) is 0 Å². The van der Waals surface area contributed by atoms with Crippen LogP contribution < -0.4 is 0 Å². The summed E-state index contributed by atoms with van der Waals surface area (Å²) in [6.07, 6.45) is 21.6. The van der Waals surface area contributed by atoms with Crippen LogP contribution in [0.3, 0.4) is 0 Å². The second kappa shape index (κ2) is 17.4. The van der Waals surface area contributed by atoms with Gasteiger partial charge < -0.3 is 4.74 Å². The van der Waals surface area contributed by atoms with E-state index < -0.39 is 10.4 Å². The Morgan fingerprint density at radius 3 is 1.59 bits per heavy atom. The van der Waals surface area contributed by atoms with Gasteiger partial charge in [0.1, 0.15) is 6.10 Å². The van der Waals surface area contributed by atoms with Gasteiger partial charge >= 0.3 is 16.4 Å². The Morgan fingerprint density at radius 1 is 0.815 bits per heavy atom. The summed E-state index contributed by atoms with van der Waals surface area (Å²) in [5, 5.41) is 0. The average molecular weight is 409 g/mol. The summed E-state index contributed by atoms with van der Waals surface area (Å²) < 4.78 is 37.1. The van der Waals surface area contributed by atoms with Gasteiger partial charge in [0.15, 0.2) is 0 Å². The van der Waals surface area contributed by atoms with Gasteiger partial charge in [-0.25, -0.2) is 0 Å². The highest BCUT2D eigenvalue weighted by Crippen LogP contribution is 2.21. The Labute approximate surface area is 166 Å². The van der Waals surface area contributed by atoms with Gasteiger partial charge in [0.2, 0.25) is 0 Å². The summed E-state index contributed by atoms with van der Waals surface area (Å²) >= 11 is 0. The van der Waals surface area contributed by atoms with Crippen LogP contribution in [-0.2, 0) is 19.9 Å². The van der Waals surface area contributed by atoms with E-state index in [1.54, 1.807) is 0 Å². The lowest BCUT2D eigenvalue weighted by atomic mass is 10.0. The van der Waals surface area contributed by atoms with E-state index in [4.69, 9.17) is 22.3 Å². The van der Waals surface area contributed by atoms with Crippen LogP contribution in [-0.4, -0.2) is 29.6 Å². The van der Waals surface area contributed by atoms with Crippen LogP contribution in [0.4, 0.5) is 0 Å². The number of carbonyl (C=O) groups is 1. The maximum Gasteiger partial charge on any atom is 0.394 e. The third-order valence-electron chi connectivity index (χ3n) is 4.83. The molecule has 0 heterocycles. The predicted molar refractivity (Wildman–Crippen MR) is 108 cm³/mol. The fourth-order valence-electron chi connectivity index (χ4n) is 3.36. The number of hydrogen-bond donors (Lipinski definition) is 2. The number of ether oxygens (including phenoxy) is 1. The van der Waals surface area contributed by atoms with Crippen molar-refractivity contribution in [3.05, 3.63) is 0 Å². The molecule has 6 nitrogen and oxygen atoms in total. The molecule has 0 aromatic rings. The first-order valence-electron chi connectivity index (χ1n) is 10.7. The van der Waals surface area contributed by atoms with Crippen molar-refractivity contribution in [2.75, 3.05) is 0 Å². The van der Waals surface area contributed by atoms with E-state index in [1.165, 1.54) is 83.5 Å². The Kier molecular flexibility index (Phi) is 17.0. The predicted octanol–water partition coefficient (Wildman–Crippen LogP) is 5.91. The third kappa shape index (κ3) is 23.3. The van der Waals surface area contributed by atoms with Gasteiger partial charge in [0, 0.05) is 6.42 Å². The SMILES string of the molecule is CCCCCCCCCCCCCCC(=O)OC1CCCC1.O=S(=O)(O)O. The van der Waals surface area contributed by atoms with Gasteiger partial charge in [-0.15, -0.1) is 0 Å². The van der Waals surface area contributed by atoms with E-state index in [0.717, 1.165) is 19.3 Å². The molecule has 1 saturated carbocycles. The zero-order chi connectivity index (χ0) is 20.4. The second-order valence-corrected chi connectivity index (χ2v) is 8.38. The van der Waals surface area contributed by atoms with Crippen LogP contribution in [0.5, 0.6) is 0 Å². The minimum Gasteiger partial charge on any atom is -0.462 e. The third-order valence-corrected chi connectivity index (χ3v) is 4.83. The zero-order valence-electron chi connectivity index (χ0n) is 17.0. The first kappa shape index (κ1) is 26.3. The molecule has 0 aromatic heterocycles. The van der Waals surface area contributed by atoms with Crippen molar-refractivity contribution in [1.82, 2.24) is 0 Å². The standard InChI is InChI=1S/C20H38O2.H2O4S/c1-2-3-4-5-6-7-8-9-10-11-12-13-18-20(21)22-19-16-14-15-17-19;1-5(2,3)4/h19H,2-18H2,1H3;(H2,1,2,3,4). The molecule has 0 spiro atoms. The van der Waals surface area contributed by atoms with Crippen molar-refractivity contribution in [3.63, 3.8) is 0 Å². The molecule has 0 amide bonds. The highest BCUT2D eigenvalue weighted by molar-refractivity contribution is 7.79. The van der Waals surface area contributed by atoms with Crippen LogP contribution in [0.2, 0.25) is 0 Å². The molecule has 0 aromatic carbocycles. The molecule has 1 rings (SSSR count). The smallest absolute Gasteiger partial charge is 0.394 e. The fourth-order valence-corrected chi connectivity index (χ4v) is 3.36. The number of esters is 1. The van der Waals surface area contributed by atoms with Crippen LogP contribution in [0, 0.1) is 0 Å². The maximum atomic E-state index is 11.7. The Balaban J connectivity index is 0.00000119. The molecule has 162 valence electrons. The summed E-state index contributed by atoms with van der Waals surface area (Å²) in [5.74, 6) is 0.0407. The van der Waals surface area contributed by atoms with Crippen molar-refractivity contribution < 1.29 is 27.1 Å². The van der Waals surface area contributed by atoms with Crippen molar-refractivity contribution >= 4 is 16.4 Å². The van der Waals surface area contributed by atoms with E-state index in [-0.39, 0.29) is 12.1 Å². The van der Waals surface area contributed by atoms with E-state index in [2.05, 4.69) is 6.92 Å². The van der Waals surface area contributed by atoms with Gasteiger partial charge in [-0.1, -0.05) is 77.6 Å². The molecule has 2 N–H and O–H groups in total. The van der Waals surface area contributed by atoms with Crippen LogP contribution in [0.15, 0.2) is 0 Å². The van der Waals surface area contributed by atoms with Gasteiger partial charge in [-0.2, -0.15) is 8.42 Å². The topological polar surface area (TPSA) is 101 Å². The van der Waals surface area contributed by atoms with Gasteiger partial charge in [-0.3, -0.25) is 13.9 Å². The summed E-state index contributed by atoms with van der Waals surface area (Å²) in [6, 6.07) is 0. The van der Waals surface area contributed by atoms with Gasteiger partial charge in [0.25, 0.3) is 0 Å². The molecule has 0 aliphatic heterocycles. The van der Waals surface area contributed by atoms with Crippen molar-refractivity contribution in [2.24, 2.45) is 0 Å². The molecule has 0 atom stereocenters. The minimum absolute atomic E-state index is 0.0407. The van der Waals surface area contributed by atoms with Gasteiger partial charge in [0.05, 0.1) is 0 Å². The lowest BCUT2D eigenvalue weighted by molar-refractivity contribution is -0.148. The highest BCUT2D eigenvalue weighted by Gasteiger charge is 2.18. The molecule has 1 fully saturated rings. The molecular formula is C20H40O6S. The normalized spacial score (nSPS) is 14.6. The highest BCUT2D eigenvalue weighted by atomic mass is 32.3. The van der Waals surface area contributed by atoms with E-state index in [0.29, 0.717) is 6.42 Å². The summed E-state index contributed by atoms with van der Waals surface area (Å²) in [5.41, 5.74) is 0. The molecule has 7 heteroatoms. The van der Waals surface area contributed by atoms with Crippen LogP contribution in [0.25, 0.3) is 0 Å². The molecule has 1 aliphatic carbocycles. The van der Waals surface area contributed by atoms with Crippen molar-refractivity contribution in [3.8, 4) is 0 Å². The number of hydrogen-bond acceptors (Lipinski definition) is 4. The summed E-state index contributed by atoms with van der Waals surface area (Å²) in [6.45, 7) is 2.27. The maximum absolute atomic E-state index is 11.7. The Bertz CT molecular complexity index is 435. The Morgan fingerprint density at radius 2 is 1.19 bits per heavy atom. The molecule has 0 bridgehead atoms. The van der Waals surface area contributed by atoms with E-state index in [9.17, 15) is 4.79 Å². The fraction of sp³-hybridized carbons (Fsp3) is 0.950. The molecule has 0 radical (unpaired) electrons. The molecule has 27 heavy (non-hydrogen) atoms. The Hall–Kier alpha value is -0.660. The molecule has 0 saturated heterocycles. The second-order valence-electron chi connectivity index (χ2n) is 7.48. The zero-order valence-corrected chi connectivity index (χ0v) is 17.9. The molecule has 1 aliphatic rings. The summed E-state index contributed by atoms with van der Waals surface area (Å²) in [7, 11) is -4.67. The first-order valence-corrected chi connectivity index (χ1v) is 12.1. The lowest BCUT2D eigenvalue weighted by Gasteiger charge is -2.10. The van der Waals surface area contributed by atoms with Crippen LogP contribution >= 0.6 is 0 Å². The van der Waals surface area contributed by atoms with Crippen molar-refractivity contribution in [1.29, 1.82) is 0 Å². The van der Waals surface area contributed by atoms with Crippen molar-refractivity contribution in [2.45, 2.75) is 122 Å². The summed E-state index contributed by atoms with van der Waals surface area (Å²) in [4.78, 5) is 11.7. The van der Waals surface area contributed by atoms with Gasteiger partial charge in [-0.05, 0) is 32.1 Å². The van der Waals surface area contributed by atoms with Crippen LogP contribution in [0.1, 0.15) is 116 Å². The lowest BCUT2D eigenvalue weighted by Crippen LogP contribution is -2.14. The monoisotopic (exact) mass is 408 g/mol. The molecular weight excluding hydrogens is 368 g/mol. The number of unbranched alkanes of at least 4 members (excludes halogenated alkanes) is 11. The quantitative estimate of drug-likeness (QED) is 0.210. The average Bonchev–Trinajstić information content (AvgIpc) is 3.07. The minimum atomic E-state index is -4.67. The number of rotatable bonds is 14. The largest absolute Gasteiger partial charge is 0.462 e. The first-order chi connectivity index (χ1) is 12.8. The molecule has 0 unspecified atom stereocenters. The number of carbonyl (C=O) groups excluding carboxylic acids is 1. The van der Waals surface area contributed by atoms with E-state index >= 15 is 0 Å².